The van der Waals surface area contributed by atoms with Crippen molar-refractivity contribution in [2.75, 3.05) is 0 Å². The number of hydrogen-bond donors (Lipinski definition) is 2. The lowest BCUT2D eigenvalue weighted by Gasteiger charge is -2.22. The number of carbonyl (C=O) groups excluding carboxylic acids is 1. The minimum Gasteiger partial charge on any atom is -0.444 e. The van der Waals surface area contributed by atoms with E-state index in [1.54, 1.807) is 0 Å². The van der Waals surface area contributed by atoms with Crippen molar-refractivity contribution in [3.8, 4) is 0 Å². The topological polar surface area (TPSA) is 58.6 Å². The van der Waals surface area contributed by atoms with Gasteiger partial charge >= 0.3 is 6.09 Å². The van der Waals surface area contributed by atoms with Gasteiger partial charge in [0.05, 0.1) is 6.10 Å². The molecule has 2 unspecified atom stereocenters. The van der Waals surface area contributed by atoms with Gasteiger partial charge in [-0.15, -0.1) is 0 Å². The van der Waals surface area contributed by atoms with Crippen LogP contribution in [-0.2, 0) is 4.74 Å². The van der Waals surface area contributed by atoms with E-state index in [0.29, 0.717) is 6.42 Å². The van der Waals surface area contributed by atoms with E-state index in [9.17, 15) is 9.90 Å². The van der Waals surface area contributed by atoms with Gasteiger partial charge in [-0.3, -0.25) is 0 Å². The molecule has 0 saturated heterocycles. The van der Waals surface area contributed by atoms with Crippen molar-refractivity contribution in [2.24, 2.45) is 0 Å². The van der Waals surface area contributed by atoms with Crippen LogP contribution in [0.15, 0.2) is 0 Å². The Kier molecular flexibility index (Phi) is 6.41. The SMILES string of the molecule is CCC(O)CCC(C)NC(=O)OC(C)(C)C. The van der Waals surface area contributed by atoms with Crippen LogP contribution < -0.4 is 5.32 Å². The molecule has 0 spiro atoms. The monoisotopic (exact) mass is 231 g/mol. The summed E-state index contributed by atoms with van der Waals surface area (Å²) in [6.07, 6.45) is 1.54. The largest absolute Gasteiger partial charge is 0.444 e. The third kappa shape index (κ3) is 8.53. The first-order valence-electron chi connectivity index (χ1n) is 5.92. The highest BCUT2D eigenvalue weighted by molar-refractivity contribution is 5.67. The summed E-state index contributed by atoms with van der Waals surface area (Å²) in [6.45, 7) is 9.34. The highest BCUT2D eigenvalue weighted by Gasteiger charge is 2.17. The van der Waals surface area contributed by atoms with E-state index < -0.39 is 11.7 Å². The minimum absolute atomic E-state index is 0.0241. The van der Waals surface area contributed by atoms with E-state index >= 15 is 0 Å². The van der Waals surface area contributed by atoms with E-state index in [4.69, 9.17) is 4.74 Å². The van der Waals surface area contributed by atoms with Gasteiger partial charge in [-0.2, -0.15) is 0 Å². The lowest BCUT2D eigenvalue weighted by molar-refractivity contribution is 0.0500. The normalized spacial score (nSPS) is 15.4. The average Bonchev–Trinajstić information content (AvgIpc) is 2.10. The number of aliphatic hydroxyl groups excluding tert-OH is 1. The maximum absolute atomic E-state index is 11.4. The number of aliphatic hydroxyl groups is 1. The van der Waals surface area contributed by atoms with Crippen LogP contribution in [0.25, 0.3) is 0 Å². The Morgan fingerprint density at radius 1 is 1.38 bits per heavy atom. The fraction of sp³-hybridized carbons (Fsp3) is 0.917. The third-order valence-corrected chi connectivity index (χ3v) is 2.17. The highest BCUT2D eigenvalue weighted by Crippen LogP contribution is 2.08. The predicted octanol–water partition coefficient (Wildman–Crippen LogP) is 2.45. The number of amides is 1. The summed E-state index contributed by atoms with van der Waals surface area (Å²) in [7, 11) is 0. The van der Waals surface area contributed by atoms with Crippen molar-refractivity contribution >= 4 is 6.09 Å². The number of hydrogen-bond acceptors (Lipinski definition) is 3. The molecule has 0 bridgehead atoms. The van der Waals surface area contributed by atoms with Crippen LogP contribution in [0, 0.1) is 0 Å². The Bertz CT molecular complexity index is 211. The Morgan fingerprint density at radius 3 is 2.38 bits per heavy atom. The van der Waals surface area contributed by atoms with Crippen molar-refractivity contribution in [3.05, 3.63) is 0 Å². The molecule has 2 N–H and O–H groups in total. The van der Waals surface area contributed by atoms with Crippen molar-refractivity contribution in [3.63, 3.8) is 0 Å². The van der Waals surface area contributed by atoms with Gasteiger partial charge in [-0.1, -0.05) is 6.92 Å². The molecule has 16 heavy (non-hydrogen) atoms. The smallest absolute Gasteiger partial charge is 0.407 e. The molecule has 96 valence electrons. The molecular formula is C12H25NO3. The lowest BCUT2D eigenvalue weighted by Crippen LogP contribution is -2.38. The fourth-order valence-corrected chi connectivity index (χ4v) is 1.23. The van der Waals surface area contributed by atoms with Crippen LogP contribution in [0.2, 0.25) is 0 Å². The molecule has 0 aliphatic carbocycles. The van der Waals surface area contributed by atoms with Crippen LogP contribution in [-0.4, -0.2) is 28.9 Å². The molecule has 0 aromatic carbocycles. The maximum Gasteiger partial charge on any atom is 0.407 e. The standard InChI is InChI=1S/C12H25NO3/c1-6-10(14)8-7-9(2)13-11(15)16-12(3,4)5/h9-10,14H,6-8H2,1-5H3,(H,13,15). The molecule has 0 rings (SSSR count). The fourth-order valence-electron chi connectivity index (χ4n) is 1.23. The molecule has 0 aromatic heterocycles. The number of alkyl carbamates (subject to hydrolysis) is 1. The molecule has 0 aliphatic heterocycles. The molecule has 0 saturated carbocycles. The number of nitrogens with one attached hydrogen (secondary N) is 1. The predicted molar refractivity (Wildman–Crippen MR) is 64.4 cm³/mol. The van der Waals surface area contributed by atoms with Gasteiger partial charge in [0, 0.05) is 6.04 Å². The van der Waals surface area contributed by atoms with E-state index in [1.807, 2.05) is 34.6 Å². The average molecular weight is 231 g/mol. The summed E-state index contributed by atoms with van der Waals surface area (Å²) in [5.41, 5.74) is -0.466. The quantitative estimate of drug-likeness (QED) is 0.764. The van der Waals surface area contributed by atoms with Crippen LogP contribution in [0.5, 0.6) is 0 Å². The number of carbonyl (C=O) groups is 1. The first kappa shape index (κ1) is 15.2. The number of rotatable bonds is 5. The molecule has 1 amide bonds. The van der Waals surface area contributed by atoms with E-state index in [0.717, 1.165) is 12.8 Å². The molecule has 0 radical (unpaired) electrons. The summed E-state index contributed by atoms with van der Waals surface area (Å²) in [4.78, 5) is 11.4. The molecule has 4 heteroatoms. The van der Waals surface area contributed by atoms with Crippen LogP contribution >= 0.6 is 0 Å². The van der Waals surface area contributed by atoms with E-state index in [2.05, 4.69) is 5.32 Å². The Morgan fingerprint density at radius 2 is 1.94 bits per heavy atom. The zero-order valence-electron chi connectivity index (χ0n) is 11.0. The molecule has 0 heterocycles. The highest BCUT2D eigenvalue weighted by atomic mass is 16.6. The summed E-state index contributed by atoms with van der Waals surface area (Å²) >= 11 is 0. The van der Waals surface area contributed by atoms with Gasteiger partial charge in [0.25, 0.3) is 0 Å². The second kappa shape index (κ2) is 6.74. The van der Waals surface area contributed by atoms with Gasteiger partial charge in [0.1, 0.15) is 5.60 Å². The van der Waals surface area contributed by atoms with E-state index in [1.165, 1.54) is 0 Å². The van der Waals surface area contributed by atoms with Crippen molar-refractivity contribution in [1.29, 1.82) is 0 Å². The van der Waals surface area contributed by atoms with Crippen molar-refractivity contribution in [2.45, 2.75) is 71.6 Å². The third-order valence-electron chi connectivity index (χ3n) is 2.17. The maximum atomic E-state index is 11.4. The van der Waals surface area contributed by atoms with Gasteiger partial charge in [-0.25, -0.2) is 4.79 Å². The molecule has 0 aliphatic rings. The van der Waals surface area contributed by atoms with Gasteiger partial charge in [-0.05, 0) is 47.0 Å². The van der Waals surface area contributed by atoms with Gasteiger partial charge < -0.3 is 15.2 Å². The van der Waals surface area contributed by atoms with Gasteiger partial charge in [0.15, 0.2) is 0 Å². The van der Waals surface area contributed by atoms with Crippen LogP contribution in [0.4, 0.5) is 4.79 Å². The minimum atomic E-state index is -0.466. The van der Waals surface area contributed by atoms with Crippen LogP contribution in [0.3, 0.4) is 0 Å². The summed E-state index contributed by atoms with van der Waals surface area (Å²) in [6, 6.07) is 0.0241. The number of ether oxygens (including phenoxy) is 1. The molecule has 2 atom stereocenters. The van der Waals surface area contributed by atoms with E-state index in [-0.39, 0.29) is 12.1 Å². The Hall–Kier alpha value is -0.770. The van der Waals surface area contributed by atoms with Crippen molar-refractivity contribution < 1.29 is 14.6 Å². The zero-order valence-corrected chi connectivity index (χ0v) is 11.0. The molecular weight excluding hydrogens is 206 g/mol. The molecule has 0 fully saturated rings. The molecule has 0 aromatic rings. The molecule has 4 nitrogen and oxygen atoms in total. The second-order valence-electron chi connectivity index (χ2n) is 5.19. The Balaban J connectivity index is 3.79. The summed E-state index contributed by atoms with van der Waals surface area (Å²) in [5.74, 6) is 0. The summed E-state index contributed by atoms with van der Waals surface area (Å²) in [5, 5.41) is 12.1. The van der Waals surface area contributed by atoms with Gasteiger partial charge in [0.2, 0.25) is 0 Å². The second-order valence-corrected chi connectivity index (χ2v) is 5.19. The zero-order chi connectivity index (χ0) is 12.8. The van der Waals surface area contributed by atoms with Crippen LogP contribution in [0.1, 0.15) is 53.9 Å². The lowest BCUT2D eigenvalue weighted by atomic mass is 10.1. The Labute approximate surface area is 98.4 Å². The first-order chi connectivity index (χ1) is 7.24. The first-order valence-corrected chi connectivity index (χ1v) is 5.92. The summed E-state index contributed by atoms with van der Waals surface area (Å²) < 4.78 is 5.13. The van der Waals surface area contributed by atoms with Crippen molar-refractivity contribution in [1.82, 2.24) is 5.32 Å².